The molecule has 2 atom stereocenters. The van der Waals surface area contributed by atoms with Crippen LogP contribution in [-0.4, -0.2) is 40.3 Å². The fourth-order valence-electron chi connectivity index (χ4n) is 2.98. The first-order valence-electron chi connectivity index (χ1n) is 6.22. The fourth-order valence-corrected chi connectivity index (χ4v) is 2.98. The number of nitrogens with zero attached hydrogens (tertiary/aromatic N) is 3. The van der Waals surface area contributed by atoms with E-state index in [-0.39, 0.29) is 0 Å². The number of rotatable bonds is 2. The average molecular weight is 218 g/mol. The molecule has 0 saturated carbocycles. The molecule has 1 aromatic heterocycles. The number of aromatic nitrogens is 2. The Bertz CT molecular complexity index is 340. The van der Waals surface area contributed by atoms with Crippen LogP contribution in [0.15, 0.2) is 18.3 Å². The van der Waals surface area contributed by atoms with Gasteiger partial charge in [0.2, 0.25) is 0 Å². The van der Waals surface area contributed by atoms with Crippen LogP contribution in [0.4, 0.5) is 5.82 Å². The van der Waals surface area contributed by atoms with Crippen LogP contribution in [-0.2, 0) is 0 Å². The van der Waals surface area contributed by atoms with Gasteiger partial charge in [-0.1, -0.05) is 6.42 Å². The molecular weight excluding hydrogens is 200 g/mol. The van der Waals surface area contributed by atoms with E-state index in [2.05, 4.69) is 20.4 Å². The second-order valence-corrected chi connectivity index (χ2v) is 4.75. The van der Waals surface area contributed by atoms with Crippen molar-refractivity contribution in [3.05, 3.63) is 18.3 Å². The van der Waals surface area contributed by atoms with Crippen molar-refractivity contribution in [1.82, 2.24) is 15.1 Å². The number of nitrogens with one attached hydrogen (secondary N) is 1. The molecule has 2 saturated heterocycles. The Morgan fingerprint density at radius 3 is 3.12 bits per heavy atom. The van der Waals surface area contributed by atoms with Gasteiger partial charge in [-0.15, -0.1) is 5.10 Å². The Labute approximate surface area is 96.1 Å². The van der Waals surface area contributed by atoms with Gasteiger partial charge in [0.1, 0.15) is 5.82 Å². The van der Waals surface area contributed by atoms with E-state index in [1.54, 1.807) is 6.20 Å². The molecule has 3 heterocycles. The molecule has 2 unspecified atom stereocenters. The van der Waals surface area contributed by atoms with E-state index < -0.39 is 0 Å². The van der Waals surface area contributed by atoms with Gasteiger partial charge in [0.05, 0.1) is 0 Å². The van der Waals surface area contributed by atoms with Gasteiger partial charge < -0.3 is 5.32 Å². The molecule has 0 aromatic carbocycles. The molecule has 0 amide bonds. The standard InChI is InChI=1S/C12H18N4/c1-2-8-16-9-6-10(11(16)4-1)14-12-5-3-7-13-15-12/h3,5,7,10-11H,1-2,4,6,8-9H2,(H,14,15). The molecule has 0 bridgehead atoms. The number of hydrogen-bond donors (Lipinski definition) is 1. The van der Waals surface area contributed by atoms with E-state index in [1.165, 1.54) is 38.8 Å². The normalized spacial score (nSPS) is 30.0. The zero-order valence-corrected chi connectivity index (χ0v) is 9.47. The lowest BCUT2D eigenvalue weighted by atomic mass is 9.99. The minimum absolute atomic E-state index is 0.567. The van der Waals surface area contributed by atoms with E-state index in [9.17, 15) is 0 Å². The first kappa shape index (κ1) is 10.0. The van der Waals surface area contributed by atoms with Crippen molar-refractivity contribution in [3.63, 3.8) is 0 Å². The molecule has 2 aliphatic heterocycles. The maximum Gasteiger partial charge on any atom is 0.148 e. The molecule has 0 spiro atoms. The lowest BCUT2D eigenvalue weighted by molar-refractivity contribution is 0.192. The topological polar surface area (TPSA) is 41.1 Å². The quantitative estimate of drug-likeness (QED) is 0.817. The molecule has 3 rings (SSSR count). The summed E-state index contributed by atoms with van der Waals surface area (Å²) in [6, 6.07) is 5.22. The number of piperidine rings is 1. The first-order chi connectivity index (χ1) is 7.93. The second kappa shape index (κ2) is 4.37. The highest BCUT2D eigenvalue weighted by molar-refractivity contribution is 5.34. The predicted octanol–water partition coefficient (Wildman–Crippen LogP) is 1.52. The zero-order valence-electron chi connectivity index (χ0n) is 9.47. The monoisotopic (exact) mass is 218 g/mol. The van der Waals surface area contributed by atoms with Gasteiger partial charge in [-0.05, 0) is 37.9 Å². The molecule has 1 aromatic rings. The highest BCUT2D eigenvalue weighted by Gasteiger charge is 2.35. The number of anilines is 1. The van der Waals surface area contributed by atoms with Gasteiger partial charge in [0, 0.05) is 24.8 Å². The lowest BCUT2D eigenvalue weighted by Crippen LogP contribution is -2.41. The van der Waals surface area contributed by atoms with Gasteiger partial charge in [-0.3, -0.25) is 4.90 Å². The van der Waals surface area contributed by atoms with Crippen LogP contribution < -0.4 is 5.32 Å². The summed E-state index contributed by atoms with van der Waals surface area (Å²) in [5.41, 5.74) is 0. The molecule has 86 valence electrons. The van der Waals surface area contributed by atoms with Gasteiger partial charge >= 0.3 is 0 Å². The zero-order chi connectivity index (χ0) is 10.8. The summed E-state index contributed by atoms with van der Waals surface area (Å²) < 4.78 is 0. The van der Waals surface area contributed by atoms with Crippen LogP contribution in [0.3, 0.4) is 0 Å². The Morgan fingerprint density at radius 2 is 2.25 bits per heavy atom. The molecule has 16 heavy (non-hydrogen) atoms. The van der Waals surface area contributed by atoms with Crippen molar-refractivity contribution in [2.24, 2.45) is 0 Å². The van der Waals surface area contributed by atoms with Crippen LogP contribution in [0.5, 0.6) is 0 Å². The van der Waals surface area contributed by atoms with Gasteiger partial charge in [0.15, 0.2) is 0 Å². The van der Waals surface area contributed by atoms with E-state index >= 15 is 0 Å². The highest BCUT2D eigenvalue weighted by atomic mass is 15.3. The van der Waals surface area contributed by atoms with Crippen LogP contribution in [0.1, 0.15) is 25.7 Å². The molecular formula is C12H18N4. The van der Waals surface area contributed by atoms with E-state index in [0.29, 0.717) is 6.04 Å². The van der Waals surface area contributed by atoms with Crippen molar-refractivity contribution < 1.29 is 0 Å². The highest BCUT2D eigenvalue weighted by Crippen LogP contribution is 2.28. The van der Waals surface area contributed by atoms with Crippen molar-refractivity contribution in [2.75, 3.05) is 18.4 Å². The van der Waals surface area contributed by atoms with Crippen molar-refractivity contribution >= 4 is 5.82 Å². The third-order valence-electron chi connectivity index (χ3n) is 3.76. The fraction of sp³-hybridized carbons (Fsp3) is 0.667. The third kappa shape index (κ3) is 1.89. The third-order valence-corrected chi connectivity index (χ3v) is 3.76. The minimum atomic E-state index is 0.567. The molecule has 1 N–H and O–H groups in total. The average Bonchev–Trinajstić information content (AvgIpc) is 2.74. The Hall–Kier alpha value is -1.16. The van der Waals surface area contributed by atoms with E-state index in [1.807, 2.05) is 12.1 Å². The van der Waals surface area contributed by atoms with Crippen LogP contribution in [0.25, 0.3) is 0 Å². The maximum atomic E-state index is 4.10. The maximum absolute atomic E-state index is 4.10. The Balaban J connectivity index is 1.67. The molecule has 4 heteroatoms. The van der Waals surface area contributed by atoms with Gasteiger partial charge in [-0.25, -0.2) is 0 Å². The van der Waals surface area contributed by atoms with Crippen LogP contribution in [0.2, 0.25) is 0 Å². The minimum Gasteiger partial charge on any atom is -0.364 e. The molecule has 2 aliphatic rings. The smallest absolute Gasteiger partial charge is 0.148 e. The molecule has 4 nitrogen and oxygen atoms in total. The number of hydrogen-bond acceptors (Lipinski definition) is 4. The summed E-state index contributed by atoms with van der Waals surface area (Å²) in [6.07, 6.45) is 7.03. The largest absolute Gasteiger partial charge is 0.364 e. The predicted molar refractivity (Wildman–Crippen MR) is 63.3 cm³/mol. The van der Waals surface area contributed by atoms with Gasteiger partial charge in [-0.2, -0.15) is 5.10 Å². The summed E-state index contributed by atoms with van der Waals surface area (Å²) >= 11 is 0. The Morgan fingerprint density at radius 1 is 1.25 bits per heavy atom. The van der Waals surface area contributed by atoms with E-state index in [0.717, 1.165) is 11.9 Å². The van der Waals surface area contributed by atoms with Crippen molar-refractivity contribution in [2.45, 2.75) is 37.8 Å². The summed E-state index contributed by atoms with van der Waals surface area (Å²) in [7, 11) is 0. The summed E-state index contributed by atoms with van der Waals surface area (Å²) in [5, 5.41) is 11.5. The SMILES string of the molecule is c1cnnc(NC2CCN3CCCCC23)c1. The van der Waals surface area contributed by atoms with Crippen molar-refractivity contribution in [3.8, 4) is 0 Å². The summed E-state index contributed by atoms with van der Waals surface area (Å²) in [5.74, 6) is 0.917. The summed E-state index contributed by atoms with van der Waals surface area (Å²) in [6.45, 7) is 2.52. The first-order valence-corrected chi connectivity index (χ1v) is 6.22. The number of fused-ring (bicyclic) bond motifs is 1. The molecule has 0 radical (unpaired) electrons. The van der Waals surface area contributed by atoms with Gasteiger partial charge in [0.25, 0.3) is 0 Å². The van der Waals surface area contributed by atoms with Crippen LogP contribution in [0, 0.1) is 0 Å². The Kier molecular flexibility index (Phi) is 2.74. The van der Waals surface area contributed by atoms with E-state index in [4.69, 9.17) is 0 Å². The second-order valence-electron chi connectivity index (χ2n) is 4.75. The summed E-state index contributed by atoms with van der Waals surface area (Å²) in [4.78, 5) is 2.62. The van der Waals surface area contributed by atoms with Crippen LogP contribution >= 0.6 is 0 Å². The molecule has 0 aliphatic carbocycles. The molecule has 2 fully saturated rings. The lowest BCUT2D eigenvalue weighted by Gasteiger charge is -2.32. The van der Waals surface area contributed by atoms with Crippen molar-refractivity contribution in [1.29, 1.82) is 0 Å².